The van der Waals surface area contributed by atoms with Crippen molar-refractivity contribution in [1.82, 2.24) is 35.7 Å². The maximum absolute atomic E-state index is 12.7. The van der Waals surface area contributed by atoms with E-state index in [1.807, 2.05) is 12.1 Å². The molecule has 2 fully saturated rings. The molecule has 3 unspecified atom stereocenters. The lowest BCUT2D eigenvalue weighted by Crippen LogP contribution is -2.61. The fourth-order valence-corrected chi connectivity index (χ4v) is 4.28. The van der Waals surface area contributed by atoms with E-state index >= 15 is 0 Å². The van der Waals surface area contributed by atoms with Crippen molar-refractivity contribution >= 4 is 29.4 Å². The first kappa shape index (κ1) is 20.3. The molecule has 166 valence electrons. The maximum Gasteiger partial charge on any atom is 0.262 e. The molecule has 2 saturated heterocycles. The first-order chi connectivity index (χ1) is 15.3. The summed E-state index contributed by atoms with van der Waals surface area (Å²) in [7, 11) is 1.84. The Hall–Kier alpha value is -3.61. The number of aryl methyl sites for hydroxylation is 1. The van der Waals surface area contributed by atoms with E-state index in [2.05, 4.69) is 26.5 Å². The minimum Gasteiger partial charge on any atom is -0.321 e. The van der Waals surface area contributed by atoms with Gasteiger partial charge >= 0.3 is 0 Å². The summed E-state index contributed by atoms with van der Waals surface area (Å²) in [5, 5.41) is 15.1. The normalized spacial score (nSPS) is 25.0. The zero-order valence-corrected chi connectivity index (χ0v) is 17.5. The topological polar surface area (TPSA) is 141 Å². The number of carbonyl (C=O) groups excluding carboxylic acids is 4. The molecule has 3 atom stereocenters. The molecule has 4 heterocycles. The lowest BCUT2D eigenvalue weighted by atomic mass is 10.1. The Labute approximate surface area is 182 Å². The molecule has 1 aromatic carbocycles. The van der Waals surface area contributed by atoms with E-state index in [1.165, 1.54) is 4.68 Å². The van der Waals surface area contributed by atoms with Crippen molar-refractivity contribution in [3.05, 3.63) is 47.2 Å². The van der Waals surface area contributed by atoms with Crippen LogP contribution in [0.3, 0.4) is 0 Å². The molecule has 5 rings (SSSR count). The Morgan fingerprint density at radius 1 is 1.19 bits per heavy atom. The molecule has 12 nitrogen and oxygen atoms in total. The number of imide groups is 1. The van der Waals surface area contributed by atoms with Gasteiger partial charge in [0.1, 0.15) is 12.4 Å². The summed E-state index contributed by atoms with van der Waals surface area (Å²) in [5.74, 6) is -1.62. The minimum atomic E-state index is -0.686. The second-order valence-electron chi connectivity index (χ2n) is 8.01. The van der Waals surface area contributed by atoms with Crippen LogP contribution in [0.25, 0.3) is 0 Å². The quantitative estimate of drug-likeness (QED) is 0.446. The van der Waals surface area contributed by atoms with E-state index in [4.69, 9.17) is 0 Å². The molecule has 12 heteroatoms. The molecule has 32 heavy (non-hydrogen) atoms. The third-order valence-electron chi connectivity index (χ3n) is 5.85. The van der Waals surface area contributed by atoms with Crippen molar-refractivity contribution in [2.24, 2.45) is 5.92 Å². The third-order valence-corrected chi connectivity index (χ3v) is 5.85. The van der Waals surface area contributed by atoms with E-state index in [0.29, 0.717) is 18.1 Å². The fraction of sp³-hybridized carbons (Fsp3) is 0.350. The average molecular weight is 438 g/mol. The number of aromatic nitrogens is 2. The van der Waals surface area contributed by atoms with Gasteiger partial charge in [0.05, 0.1) is 28.9 Å². The molecule has 0 saturated carbocycles. The number of hydrogen-bond donors (Lipinski definition) is 4. The zero-order chi connectivity index (χ0) is 22.6. The Balaban J connectivity index is 1.32. The predicted molar refractivity (Wildman–Crippen MR) is 111 cm³/mol. The van der Waals surface area contributed by atoms with Crippen molar-refractivity contribution in [3.63, 3.8) is 0 Å². The van der Waals surface area contributed by atoms with Crippen LogP contribution in [0.1, 0.15) is 32.7 Å². The van der Waals surface area contributed by atoms with Crippen LogP contribution in [0.2, 0.25) is 0 Å². The highest BCUT2D eigenvalue weighted by molar-refractivity contribution is 6.22. The molecular weight excluding hydrogens is 416 g/mol. The lowest BCUT2D eigenvalue weighted by molar-refractivity contribution is -0.131. The van der Waals surface area contributed by atoms with Gasteiger partial charge < -0.3 is 10.6 Å². The average Bonchev–Trinajstić information content (AvgIpc) is 3.39. The van der Waals surface area contributed by atoms with Crippen molar-refractivity contribution in [3.8, 4) is 0 Å². The number of amides is 4. The van der Waals surface area contributed by atoms with Crippen LogP contribution in [0.4, 0.5) is 5.82 Å². The predicted octanol–water partition coefficient (Wildman–Crippen LogP) is -1.01. The van der Waals surface area contributed by atoms with Gasteiger partial charge in [-0.3, -0.25) is 34.8 Å². The Morgan fingerprint density at radius 3 is 2.56 bits per heavy atom. The van der Waals surface area contributed by atoms with Crippen LogP contribution < -0.4 is 21.4 Å². The number of hydrazine groups is 1. The summed E-state index contributed by atoms with van der Waals surface area (Å²) < 4.78 is 1.47. The van der Waals surface area contributed by atoms with E-state index < -0.39 is 30.6 Å². The van der Waals surface area contributed by atoms with Gasteiger partial charge in [-0.2, -0.15) is 5.10 Å². The summed E-state index contributed by atoms with van der Waals surface area (Å²) in [6.45, 7) is 1.85. The third kappa shape index (κ3) is 3.25. The van der Waals surface area contributed by atoms with E-state index in [0.717, 1.165) is 4.90 Å². The molecule has 3 aliphatic rings. The Bertz CT molecular complexity index is 1110. The molecule has 2 aromatic rings. The van der Waals surface area contributed by atoms with Gasteiger partial charge in [-0.05, 0) is 19.1 Å². The summed E-state index contributed by atoms with van der Waals surface area (Å²) in [4.78, 5) is 51.2. The Morgan fingerprint density at radius 2 is 1.88 bits per heavy atom. The van der Waals surface area contributed by atoms with E-state index in [9.17, 15) is 19.2 Å². The number of anilines is 1. The van der Waals surface area contributed by atoms with E-state index in [1.54, 1.807) is 37.3 Å². The maximum atomic E-state index is 12.7. The van der Waals surface area contributed by atoms with Crippen molar-refractivity contribution < 1.29 is 19.2 Å². The fourth-order valence-electron chi connectivity index (χ4n) is 4.28. The standard InChI is InChI=1S/C20H22N8O4/c1-10-7-14(28(25-10)20-23-16-13(17(30)24-20)8-21-26(16)2)22-15(29)9-27-18(31)11-5-3-4-6-12(11)19(27)32/h3-7,13,16,20-21,23H,8-9H2,1-2H3,(H,22,29)(H,24,30). The van der Waals surface area contributed by atoms with Gasteiger partial charge in [0.25, 0.3) is 11.8 Å². The second-order valence-corrected chi connectivity index (χ2v) is 8.01. The molecule has 4 N–H and O–H groups in total. The number of nitrogens with one attached hydrogen (secondary N) is 4. The van der Waals surface area contributed by atoms with Crippen molar-refractivity contribution in [2.45, 2.75) is 19.4 Å². The summed E-state index contributed by atoms with van der Waals surface area (Å²) >= 11 is 0. The monoisotopic (exact) mass is 438 g/mol. The first-order valence-electron chi connectivity index (χ1n) is 10.2. The summed E-state index contributed by atoms with van der Waals surface area (Å²) in [5.41, 5.74) is 4.30. The van der Waals surface area contributed by atoms with E-state index in [-0.39, 0.29) is 29.1 Å². The summed E-state index contributed by atoms with van der Waals surface area (Å²) in [6.07, 6.45) is -0.922. The molecule has 0 spiro atoms. The number of hydrogen-bond acceptors (Lipinski definition) is 8. The van der Waals surface area contributed by atoms with Gasteiger partial charge in [0.15, 0.2) is 6.29 Å². The van der Waals surface area contributed by atoms with Crippen LogP contribution in [-0.4, -0.2) is 69.6 Å². The van der Waals surface area contributed by atoms with Crippen LogP contribution in [-0.2, 0) is 9.59 Å². The lowest BCUT2D eigenvalue weighted by Gasteiger charge is -2.35. The number of carbonyl (C=O) groups is 4. The van der Waals surface area contributed by atoms with Gasteiger partial charge in [-0.1, -0.05) is 12.1 Å². The molecule has 3 aliphatic heterocycles. The highest BCUT2D eigenvalue weighted by atomic mass is 16.2. The van der Waals surface area contributed by atoms with Crippen molar-refractivity contribution in [1.29, 1.82) is 0 Å². The molecule has 0 aliphatic carbocycles. The van der Waals surface area contributed by atoms with Gasteiger partial charge in [-0.25, -0.2) is 9.69 Å². The molecule has 0 radical (unpaired) electrons. The molecule has 0 bridgehead atoms. The first-order valence-corrected chi connectivity index (χ1v) is 10.2. The number of benzene rings is 1. The summed E-state index contributed by atoms with van der Waals surface area (Å²) in [6, 6.07) is 8.11. The SMILES string of the molecule is Cc1cc(NC(=O)CN2C(=O)c3ccccc3C2=O)n(C2NC(=O)C3CNN(C)C3N2)n1. The van der Waals surface area contributed by atoms with Crippen LogP contribution >= 0.6 is 0 Å². The number of rotatable bonds is 4. The second kappa shape index (κ2) is 7.51. The number of nitrogens with zero attached hydrogens (tertiary/aromatic N) is 4. The smallest absolute Gasteiger partial charge is 0.262 e. The number of fused-ring (bicyclic) bond motifs is 2. The molecular formula is C20H22N8O4. The van der Waals surface area contributed by atoms with Crippen LogP contribution in [0.15, 0.2) is 30.3 Å². The minimum absolute atomic E-state index is 0.132. The zero-order valence-electron chi connectivity index (χ0n) is 17.5. The molecule has 4 amide bonds. The highest BCUT2D eigenvalue weighted by Gasteiger charge is 2.43. The van der Waals surface area contributed by atoms with Gasteiger partial charge in [0, 0.05) is 19.7 Å². The molecule has 1 aromatic heterocycles. The highest BCUT2D eigenvalue weighted by Crippen LogP contribution is 2.24. The van der Waals surface area contributed by atoms with Gasteiger partial charge in [0.2, 0.25) is 11.8 Å². The van der Waals surface area contributed by atoms with Gasteiger partial charge in [-0.15, -0.1) is 0 Å². The Kier molecular flexibility index (Phi) is 4.77. The van der Waals surface area contributed by atoms with Crippen molar-refractivity contribution in [2.75, 3.05) is 25.5 Å². The van der Waals surface area contributed by atoms with Crippen LogP contribution in [0, 0.1) is 12.8 Å². The largest absolute Gasteiger partial charge is 0.321 e. The van der Waals surface area contributed by atoms with Crippen LogP contribution in [0.5, 0.6) is 0 Å².